The van der Waals surface area contributed by atoms with Crippen LogP contribution >= 0.6 is 11.8 Å². The van der Waals surface area contributed by atoms with Crippen LogP contribution < -0.4 is 0 Å². The van der Waals surface area contributed by atoms with E-state index in [1.807, 2.05) is 0 Å². The fourth-order valence-electron chi connectivity index (χ4n) is 0.846. The van der Waals surface area contributed by atoms with Crippen LogP contribution in [0.4, 0.5) is 13.2 Å². The molecule has 0 amide bonds. The molecule has 6 heteroatoms. The first-order chi connectivity index (χ1) is 5.46. The molecule has 0 atom stereocenters. The molecule has 1 aromatic heterocycles. The van der Waals surface area contributed by atoms with E-state index in [2.05, 4.69) is 4.98 Å². The van der Waals surface area contributed by atoms with Gasteiger partial charge >= 0.3 is 6.18 Å². The molecule has 0 unspecified atom stereocenters. The van der Waals surface area contributed by atoms with Gasteiger partial charge in [-0.15, -0.1) is 0 Å². The van der Waals surface area contributed by atoms with E-state index in [0.29, 0.717) is 5.16 Å². The van der Waals surface area contributed by atoms with Crippen molar-refractivity contribution < 1.29 is 13.2 Å². The Morgan fingerprint density at radius 2 is 2.08 bits per heavy atom. The number of rotatable bonds is 1. The van der Waals surface area contributed by atoms with E-state index in [9.17, 15) is 13.2 Å². The van der Waals surface area contributed by atoms with Crippen molar-refractivity contribution in [2.75, 3.05) is 6.26 Å². The van der Waals surface area contributed by atoms with Gasteiger partial charge in [0.2, 0.25) is 0 Å². The molecule has 0 N–H and O–H groups in total. The summed E-state index contributed by atoms with van der Waals surface area (Å²) in [4.78, 5) is 3.61. The summed E-state index contributed by atoms with van der Waals surface area (Å²) in [5.41, 5.74) is -0.716. The molecule has 0 radical (unpaired) electrons. The maximum atomic E-state index is 12.1. The van der Waals surface area contributed by atoms with E-state index in [1.54, 1.807) is 6.26 Å². The Morgan fingerprint density at radius 3 is 2.33 bits per heavy atom. The molecule has 2 nitrogen and oxygen atoms in total. The molecule has 0 aliphatic rings. The molecule has 12 heavy (non-hydrogen) atoms. The Bertz CT molecular complexity index is 279. The van der Waals surface area contributed by atoms with Crippen LogP contribution in [0.1, 0.15) is 5.69 Å². The minimum Gasteiger partial charge on any atom is -0.319 e. The second kappa shape index (κ2) is 3.01. The highest BCUT2D eigenvalue weighted by Gasteiger charge is 2.34. The quantitative estimate of drug-likeness (QED) is 0.640. The Labute approximate surface area is 71.8 Å². The summed E-state index contributed by atoms with van der Waals surface area (Å²) in [5.74, 6) is 0. The lowest BCUT2D eigenvalue weighted by Crippen LogP contribution is -2.11. The van der Waals surface area contributed by atoms with Crippen molar-refractivity contribution in [1.29, 1.82) is 0 Å². The molecule has 1 rings (SSSR count). The summed E-state index contributed by atoms with van der Waals surface area (Å²) in [6, 6.07) is 0. The number of thioether (sulfide) groups is 1. The van der Waals surface area contributed by atoms with Gasteiger partial charge in [-0.05, 0) is 6.26 Å². The Morgan fingerprint density at radius 1 is 1.50 bits per heavy atom. The third kappa shape index (κ3) is 1.57. The van der Waals surface area contributed by atoms with Crippen molar-refractivity contribution in [3.8, 4) is 0 Å². The molecule has 0 aliphatic carbocycles. The molecule has 1 aromatic rings. The van der Waals surface area contributed by atoms with Gasteiger partial charge in [0.05, 0.1) is 6.20 Å². The number of hydrogen-bond acceptors (Lipinski definition) is 2. The van der Waals surface area contributed by atoms with Crippen LogP contribution in [0.15, 0.2) is 11.4 Å². The first-order valence-electron chi connectivity index (χ1n) is 3.09. The van der Waals surface area contributed by atoms with Crippen molar-refractivity contribution >= 4 is 11.8 Å². The lowest BCUT2D eigenvalue weighted by atomic mass is 10.5. The zero-order valence-corrected chi connectivity index (χ0v) is 7.33. The molecule has 0 aliphatic heterocycles. The van der Waals surface area contributed by atoms with E-state index in [-0.39, 0.29) is 0 Å². The molecule has 0 saturated carbocycles. The van der Waals surface area contributed by atoms with E-state index in [0.717, 1.165) is 10.8 Å². The number of hydrogen-bond donors (Lipinski definition) is 0. The monoisotopic (exact) mass is 196 g/mol. The van der Waals surface area contributed by atoms with E-state index >= 15 is 0 Å². The predicted molar refractivity (Wildman–Crippen MR) is 40.0 cm³/mol. The standard InChI is InChI=1S/C6H7F3N2S/c1-11-4(6(7,8)9)3-10-5(11)12-2/h3H,1-2H3. The highest BCUT2D eigenvalue weighted by molar-refractivity contribution is 7.98. The van der Waals surface area contributed by atoms with Crippen LogP contribution in [0.3, 0.4) is 0 Å². The average Bonchev–Trinajstić information content (AvgIpc) is 2.29. The molecule has 0 bridgehead atoms. The zero-order chi connectivity index (χ0) is 9.35. The van der Waals surface area contributed by atoms with E-state index in [1.165, 1.54) is 18.8 Å². The minimum absolute atomic E-state index is 0.363. The number of alkyl halides is 3. The second-order valence-electron chi connectivity index (χ2n) is 2.19. The molecular weight excluding hydrogens is 189 g/mol. The van der Waals surface area contributed by atoms with Crippen LogP contribution in [-0.4, -0.2) is 15.8 Å². The largest absolute Gasteiger partial charge is 0.433 e. The Balaban J connectivity index is 3.11. The number of imidazole rings is 1. The van der Waals surface area contributed by atoms with Gasteiger partial charge in [-0.25, -0.2) is 4.98 Å². The first kappa shape index (κ1) is 9.44. The molecule has 0 saturated heterocycles. The fraction of sp³-hybridized carbons (Fsp3) is 0.500. The van der Waals surface area contributed by atoms with Gasteiger partial charge in [-0.3, -0.25) is 0 Å². The summed E-state index contributed by atoms with van der Waals surface area (Å²) in [6.07, 6.45) is -1.79. The number of nitrogens with zero attached hydrogens (tertiary/aromatic N) is 2. The van der Waals surface area contributed by atoms with Crippen LogP contribution in [0.2, 0.25) is 0 Å². The van der Waals surface area contributed by atoms with Crippen LogP contribution in [0.25, 0.3) is 0 Å². The summed E-state index contributed by atoms with van der Waals surface area (Å²) in [6.45, 7) is 0. The van der Waals surface area contributed by atoms with Crippen LogP contribution in [0.5, 0.6) is 0 Å². The Kier molecular flexibility index (Phi) is 2.36. The van der Waals surface area contributed by atoms with E-state index in [4.69, 9.17) is 0 Å². The summed E-state index contributed by atoms with van der Waals surface area (Å²) in [7, 11) is 1.35. The highest BCUT2D eigenvalue weighted by Crippen LogP contribution is 2.30. The third-order valence-electron chi connectivity index (χ3n) is 1.42. The van der Waals surface area contributed by atoms with Crippen molar-refractivity contribution in [2.45, 2.75) is 11.3 Å². The molecule has 0 aromatic carbocycles. The predicted octanol–water partition coefficient (Wildman–Crippen LogP) is 2.16. The highest BCUT2D eigenvalue weighted by atomic mass is 32.2. The molecule has 68 valence electrons. The lowest BCUT2D eigenvalue weighted by Gasteiger charge is -2.06. The van der Waals surface area contributed by atoms with Crippen molar-refractivity contribution in [3.63, 3.8) is 0 Å². The van der Waals surface area contributed by atoms with Gasteiger partial charge < -0.3 is 4.57 Å². The number of halogens is 3. The van der Waals surface area contributed by atoms with Crippen LogP contribution in [0, 0.1) is 0 Å². The van der Waals surface area contributed by atoms with Gasteiger partial charge in [0, 0.05) is 7.05 Å². The van der Waals surface area contributed by atoms with Crippen molar-refractivity contribution in [1.82, 2.24) is 9.55 Å². The smallest absolute Gasteiger partial charge is 0.319 e. The third-order valence-corrected chi connectivity index (χ3v) is 2.16. The van der Waals surface area contributed by atoms with Crippen LogP contribution in [-0.2, 0) is 13.2 Å². The molecule has 0 fully saturated rings. The minimum atomic E-state index is -4.31. The van der Waals surface area contributed by atoms with Gasteiger partial charge in [0.15, 0.2) is 5.16 Å². The van der Waals surface area contributed by atoms with E-state index < -0.39 is 11.9 Å². The summed E-state index contributed by atoms with van der Waals surface area (Å²) >= 11 is 1.18. The SMILES string of the molecule is CSc1ncc(C(F)(F)F)n1C. The lowest BCUT2D eigenvalue weighted by molar-refractivity contribution is -0.143. The second-order valence-corrected chi connectivity index (χ2v) is 2.96. The molecule has 0 spiro atoms. The Hall–Kier alpha value is -0.650. The molecule has 1 heterocycles. The van der Waals surface area contributed by atoms with Gasteiger partial charge in [0.25, 0.3) is 0 Å². The summed E-state index contributed by atoms with van der Waals surface area (Å²) < 4.78 is 37.4. The van der Waals surface area contributed by atoms with Crippen molar-refractivity contribution in [2.24, 2.45) is 7.05 Å². The first-order valence-corrected chi connectivity index (χ1v) is 4.32. The van der Waals surface area contributed by atoms with Gasteiger partial charge in [-0.1, -0.05) is 11.8 Å². The summed E-state index contributed by atoms with van der Waals surface area (Å²) in [5, 5.41) is 0.363. The maximum Gasteiger partial charge on any atom is 0.433 e. The fourth-order valence-corrected chi connectivity index (χ4v) is 1.38. The normalized spacial score (nSPS) is 12.1. The van der Waals surface area contributed by atoms with Crippen molar-refractivity contribution in [3.05, 3.63) is 11.9 Å². The molecular formula is C6H7F3N2S. The van der Waals surface area contributed by atoms with Gasteiger partial charge in [0.1, 0.15) is 5.69 Å². The zero-order valence-electron chi connectivity index (χ0n) is 6.51. The topological polar surface area (TPSA) is 17.8 Å². The maximum absolute atomic E-state index is 12.1. The van der Waals surface area contributed by atoms with Gasteiger partial charge in [-0.2, -0.15) is 13.2 Å². The average molecular weight is 196 g/mol. The number of aromatic nitrogens is 2.